The molecule has 5 aromatic heterocycles. The molecule has 5 heteroatoms. The fraction of sp³-hybridized carbons (Fsp3) is 0. The predicted molar refractivity (Wildman–Crippen MR) is 258 cm³/mol. The third kappa shape index (κ3) is 4.64. The van der Waals surface area contributed by atoms with E-state index in [2.05, 4.69) is 203 Å². The van der Waals surface area contributed by atoms with Gasteiger partial charge in [-0.1, -0.05) is 127 Å². The molecule has 14 aromatic rings. The van der Waals surface area contributed by atoms with Crippen molar-refractivity contribution < 1.29 is 0 Å². The highest BCUT2D eigenvalue weighted by atomic mass is 32.1. The van der Waals surface area contributed by atoms with Crippen molar-refractivity contribution >= 4 is 102 Å². The zero-order valence-electron chi connectivity index (χ0n) is 32.7. The first-order valence-electron chi connectivity index (χ1n) is 20.7. The Bertz CT molecular complexity index is 4100. The summed E-state index contributed by atoms with van der Waals surface area (Å²) in [6.45, 7) is 0. The van der Waals surface area contributed by atoms with Gasteiger partial charge in [0, 0.05) is 59.2 Å². The summed E-state index contributed by atoms with van der Waals surface area (Å²) in [4.78, 5) is 10.7. The van der Waals surface area contributed by atoms with Crippen molar-refractivity contribution in [3.63, 3.8) is 0 Å². The van der Waals surface area contributed by atoms with Crippen LogP contribution in [0.4, 0.5) is 0 Å². The van der Waals surface area contributed by atoms with Crippen LogP contribution in [0, 0.1) is 0 Å². The number of hydrogen-bond acceptors (Lipinski definition) is 3. The van der Waals surface area contributed by atoms with Gasteiger partial charge in [-0.05, 0) is 88.6 Å². The molecular formula is C56H32N4S. The molecule has 14 rings (SSSR count). The predicted octanol–water partition coefficient (Wildman–Crippen LogP) is 15.2. The summed E-state index contributed by atoms with van der Waals surface area (Å²) in [6.07, 6.45) is 0. The second-order valence-corrected chi connectivity index (χ2v) is 17.2. The molecule has 0 atom stereocenters. The van der Waals surface area contributed by atoms with Gasteiger partial charge in [0.05, 0.1) is 43.5 Å². The molecule has 5 heterocycles. The second kappa shape index (κ2) is 12.3. The van der Waals surface area contributed by atoms with Crippen LogP contribution in [0.3, 0.4) is 0 Å². The minimum absolute atomic E-state index is 0.724. The molecular weight excluding hydrogens is 761 g/mol. The maximum atomic E-state index is 5.37. The van der Waals surface area contributed by atoms with Crippen LogP contribution in [0.2, 0.25) is 0 Å². The van der Waals surface area contributed by atoms with Crippen LogP contribution in [-0.4, -0.2) is 18.9 Å². The monoisotopic (exact) mass is 792 g/mol. The van der Waals surface area contributed by atoms with Crippen LogP contribution >= 0.6 is 11.3 Å². The molecule has 0 N–H and O–H groups in total. The molecule has 9 aromatic carbocycles. The summed E-state index contributed by atoms with van der Waals surface area (Å²) in [5.41, 5.74) is 13.7. The minimum Gasteiger partial charge on any atom is -0.309 e. The molecule has 282 valence electrons. The molecule has 0 unspecified atom stereocenters. The third-order valence-electron chi connectivity index (χ3n) is 12.8. The van der Waals surface area contributed by atoms with E-state index in [1.807, 2.05) is 0 Å². The molecule has 0 aliphatic heterocycles. The van der Waals surface area contributed by atoms with E-state index >= 15 is 0 Å². The first-order valence-corrected chi connectivity index (χ1v) is 21.6. The van der Waals surface area contributed by atoms with Crippen molar-refractivity contribution in [2.75, 3.05) is 0 Å². The number of rotatable bonds is 4. The van der Waals surface area contributed by atoms with E-state index in [0.717, 1.165) is 43.9 Å². The number of benzene rings is 9. The number of thiophene rings is 1. The Labute approximate surface area is 353 Å². The first-order chi connectivity index (χ1) is 30.2. The van der Waals surface area contributed by atoms with Gasteiger partial charge in [-0.15, -0.1) is 11.3 Å². The topological polar surface area (TPSA) is 35.1 Å². The van der Waals surface area contributed by atoms with Crippen LogP contribution < -0.4 is 0 Å². The Hall–Kier alpha value is -7.86. The number of fused-ring (bicyclic) bond motifs is 14. The number of nitrogens with zero attached hydrogens (tertiary/aromatic N) is 4. The quantitative estimate of drug-likeness (QED) is 0.178. The van der Waals surface area contributed by atoms with Gasteiger partial charge in [-0.2, -0.15) is 0 Å². The molecule has 0 saturated carbocycles. The van der Waals surface area contributed by atoms with E-state index < -0.39 is 0 Å². The molecule has 61 heavy (non-hydrogen) atoms. The van der Waals surface area contributed by atoms with Crippen LogP contribution in [0.25, 0.3) is 130 Å². The summed E-state index contributed by atoms with van der Waals surface area (Å²) < 4.78 is 7.29. The lowest BCUT2D eigenvalue weighted by Gasteiger charge is -2.11. The summed E-state index contributed by atoms with van der Waals surface area (Å²) in [7, 11) is 0. The summed E-state index contributed by atoms with van der Waals surface area (Å²) in [6, 6.07) is 70.5. The van der Waals surface area contributed by atoms with E-state index in [9.17, 15) is 0 Å². The maximum Gasteiger partial charge on any atom is 0.160 e. The Morgan fingerprint density at radius 2 is 1.07 bits per heavy atom. The van der Waals surface area contributed by atoms with Gasteiger partial charge in [0.2, 0.25) is 0 Å². The van der Waals surface area contributed by atoms with Gasteiger partial charge in [0.1, 0.15) is 0 Å². The highest BCUT2D eigenvalue weighted by Gasteiger charge is 2.25. The van der Waals surface area contributed by atoms with Gasteiger partial charge in [-0.25, -0.2) is 9.97 Å². The van der Waals surface area contributed by atoms with Gasteiger partial charge < -0.3 is 8.97 Å². The standard InChI is InChI=1S/C56H32N4S/c1-2-12-33(13-3-1)37-26-29-48-43(31-37)45-32-44-40-16-6-9-19-46(40)59(53(44)50-41-17-7-10-20-47(41)60(48)54(45)50)39-27-24-35(25-28-39)56-57-51(38-23-22-34-14-4-5-15-36(34)30-38)55-52(58-56)42-18-8-11-21-49(42)61-55/h1-32H. The van der Waals surface area contributed by atoms with Gasteiger partial charge >= 0.3 is 0 Å². The average Bonchev–Trinajstić information content (AvgIpc) is 4.07. The highest BCUT2D eigenvalue weighted by Crippen LogP contribution is 2.47. The first kappa shape index (κ1) is 33.0. The fourth-order valence-electron chi connectivity index (χ4n) is 10.1. The Morgan fingerprint density at radius 3 is 1.93 bits per heavy atom. The molecule has 0 spiro atoms. The molecule has 0 amide bonds. The molecule has 4 nitrogen and oxygen atoms in total. The van der Waals surface area contributed by atoms with Crippen molar-refractivity contribution in [3.05, 3.63) is 194 Å². The number of para-hydroxylation sites is 2. The van der Waals surface area contributed by atoms with E-state index in [1.165, 1.54) is 86.5 Å². The van der Waals surface area contributed by atoms with E-state index in [1.54, 1.807) is 11.3 Å². The van der Waals surface area contributed by atoms with Gasteiger partial charge in [-0.3, -0.25) is 0 Å². The SMILES string of the molecule is c1ccc(-c2ccc3c(c2)c2cc4c5ccccc5n(-c5ccc(-c6nc(-c7ccc8ccccc8c7)c7sc8ccccc8c7n6)cc5)c4c4c5ccccc5n3c24)cc1. The summed E-state index contributed by atoms with van der Waals surface area (Å²) >= 11 is 1.77. The van der Waals surface area contributed by atoms with E-state index in [0.29, 0.717) is 0 Å². The van der Waals surface area contributed by atoms with Crippen molar-refractivity contribution in [1.29, 1.82) is 0 Å². The number of hydrogen-bond donors (Lipinski definition) is 0. The van der Waals surface area contributed by atoms with Crippen molar-refractivity contribution in [1.82, 2.24) is 18.9 Å². The lowest BCUT2D eigenvalue weighted by atomic mass is 10.00. The zero-order valence-corrected chi connectivity index (χ0v) is 33.5. The fourth-order valence-corrected chi connectivity index (χ4v) is 11.3. The van der Waals surface area contributed by atoms with Crippen LogP contribution in [0.15, 0.2) is 194 Å². The summed E-state index contributed by atoms with van der Waals surface area (Å²) in [5, 5.41) is 11.2. The Balaban J connectivity index is 1.00. The Kier molecular flexibility index (Phi) is 6.68. The van der Waals surface area contributed by atoms with Crippen LogP contribution in [0.5, 0.6) is 0 Å². The summed E-state index contributed by atoms with van der Waals surface area (Å²) in [5.74, 6) is 0.724. The zero-order chi connectivity index (χ0) is 39.8. The van der Waals surface area contributed by atoms with Crippen molar-refractivity contribution in [2.45, 2.75) is 0 Å². The number of aromatic nitrogens is 4. The smallest absolute Gasteiger partial charge is 0.160 e. The van der Waals surface area contributed by atoms with E-state index in [4.69, 9.17) is 9.97 Å². The van der Waals surface area contributed by atoms with Gasteiger partial charge in [0.15, 0.2) is 5.82 Å². The molecule has 0 aliphatic carbocycles. The van der Waals surface area contributed by atoms with Crippen molar-refractivity contribution in [2.24, 2.45) is 0 Å². The second-order valence-electron chi connectivity index (χ2n) is 16.1. The molecule has 0 fully saturated rings. The van der Waals surface area contributed by atoms with Crippen molar-refractivity contribution in [3.8, 4) is 39.5 Å². The molecule has 0 saturated heterocycles. The lowest BCUT2D eigenvalue weighted by molar-refractivity contribution is 1.18. The largest absolute Gasteiger partial charge is 0.309 e. The lowest BCUT2D eigenvalue weighted by Crippen LogP contribution is -1.96. The Morgan fingerprint density at radius 1 is 0.393 bits per heavy atom. The highest BCUT2D eigenvalue weighted by molar-refractivity contribution is 7.26. The normalized spacial score (nSPS) is 12.3. The molecule has 0 aliphatic rings. The van der Waals surface area contributed by atoms with Crippen LogP contribution in [-0.2, 0) is 0 Å². The molecule has 0 radical (unpaired) electrons. The van der Waals surface area contributed by atoms with Gasteiger partial charge in [0.25, 0.3) is 0 Å². The third-order valence-corrected chi connectivity index (χ3v) is 14.0. The molecule has 0 bridgehead atoms. The van der Waals surface area contributed by atoms with E-state index in [-0.39, 0.29) is 0 Å². The van der Waals surface area contributed by atoms with Crippen LogP contribution in [0.1, 0.15) is 0 Å². The average molecular weight is 793 g/mol. The maximum absolute atomic E-state index is 5.37. The minimum atomic E-state index is 0.724.